The fraction of sp³-hybridized carbons (Fsp3) is 0.455. The van der Waals surface area contributed by atoms with Gasteiger partial charge in [0.1, 0.15) is 6.33 Å². The number of rotatable bonds is 7. The molecule has 0 saturated carbocycles. The molecule has 1 N–H and O–H groups in total. The van der Waals surface area contributed by atoms with Crippen LogP contribution in [0.3, 0.4) is 0 Å². The van der Waals surface area contributed by atoms with Crippen molar-refractivity contribution in [2.75, 3.05) is 20.3 Å². The number of ether oxygens (including phenoxy) is 1. The molecule has 5 nitrogen and oxygen atoms in total. The van der Waals surface area contributed by atoms with Crippen molar-refractivity contribution in [3.05, 3.63) is 32.9 Å². The van der Waals surface area contributed by atoms with Crippen LogP contribution in [-0.2, 0) is 17.8 Å². The van der Waals surface area contributed by atoms with Gasteiger partial charge in [0.25, 0.3) is 0 Å². The number of methoxy groups -OCH3 is 1. The van der Waals surface area contributed by atoms with Crippen molar-refractivity contribution in [1.29, 1.82) is 0 Å². The summed E-state index contributed by atoms with van der Waals surface area (Å²) in [4.78, 5) is 5.51. The van der Waals surface area contributed by atoms with Crippen LogP contribution in [0.4, 0.5) is 0 Å². The van der Waals surface area contributed by atoms with Crippen molar-refractivity contribution >= 4 is 27.3 Å². The first-order valence-electron chi connectivity index (χ1n) is 5.59. The smallest absolute Gasteiger partial charge is 0.164 e. The lowest BCUT2D eigenvalue weighted by Gasteiger charge is -2.00. The lowest BCUT2D eigenvalue weighted by molar-refractivity contribution is 0.199. The van der Waals surface area contributed by atoms with E-state index in [0.717, 1.165) is 23.4 Å². The van der Waals surface area contributed by atoms with Crippen LogP contribution in [0.1, 0.15) is 10.7 Å². The Bertz CT molecular complexity index is 485. The highest BCUT2D eigenvalue weighted by atomic mass is 79.9. The van der Waals surface area contributed by atoms with Crippen LogP contribution in [0.5, 0.6) is 0 Å². The molecule has 0 radical (unpaired) electrons. The molecule has 0 aromatic carbocycles. The molecule has 2 aromatic rings. The Hall–Kier alpha value is -0.760. The standard InChI is InChI=1S/C11H15BrN4OS/c1-17-3-2-13-5-11-14-8-16(15-11)6-10-4-9(12)7-18-10/h4,7-8,13H,2-3,5-6H2,1H3. The van der Waals surface area contributed by atoms with Gasteiger partial charge >= 0.3 is 0 Å². The second-order valence-electron chi connectivity index (χ2n) is 3.76. The maximum absolute atomic E-state index is 4.95. The zero-order valence-corrected chi connectivity index (χ0v) is 12.5. The number of aromatic nitrogens is 3. The van der Waals surface area contributed by atoms with Crippen molar-refractivity contribution in [2.24, 2.45) is 0 Å². The first-order chi connectivity index (χ1) is 8.78. The molecule has 0 aliphatic rings. The first kappa shape index (κ1) is 13.7. The molecule has 0 bridgehead atoms. The molecule has 2 rings (SSSR count). The Morgan fingerprint density at radius 1 is 1.56 bits per heavy atom. The molecule has 2 aromatic heterocycles. The number of thiophene rings is 1. The molecule has 7 heteroatoms. The maximum Gasteiger partial charge on any atom is 0.164 e. The third-order valence-corrected chi connectivity index (χ3v) is 3.97. The maximum atomic E-state index is 4.95. The molecule has 0 atom stereocenters. The van der Waals surface area contributed by atoms with Gasteiger partial charge in [-0.15, -0.1) is 11.3 Å². The van der Waals surface area contributed by atoms with Crippen LogP contribution in [0.25, 0.3) is 0 Å². The molecule has 0 unspecified atom stereocenters. The van der Waals surface area contributed by atoms with Crippen LogP contribution in [0.2, 0.25) is 0 Å². The topological polar surface area (TPSA) is 52.0 Å². The van der Waals surface area contributed by atoms with Crippen LogP contribution in [-0.4, -0.2) is 35.0 Å². The van der Waals surface area contributed by atoms with Crippen LogP contribution in [0.15, 0.2) is 22.2 Å². The third-order valence-electron chi connectivity index (χ3n) is 2.29. The van der Waals surface area contributed by atoms with E-state index in [0.29, 0.717) is 13.2 Å². The number of hydrogen-bond acceptors (Lipinski definition) is 5. The lowest BCUT2D eigenvalue weighted by atomic mass is 10.5. The fourth-order valence-electron chi connectivity index (χ4n) is 1.46. The monoisotopic (exact) mass is 330 g/mol. The van der Waals surface area contributed by atoms with Crippen molar-refractivity contribution < 1.29 is 4.74 Å². The number of nitrogens with one attached hydrogen (secondary N) is 1. The van der Waals surface area contributed by atoms with E-state index >= 15 is 0 Å². The molecule has 0 fully saturated rings. The molecular weight excluding hydrogens is 316 g/mol. The van der Waals surface area contributed by atoms with Gasteiger partial charge in [-0.1, -0.05) is 0 Å². The third kappa shape index (κ3) is 4.16. The van der Waals surface area contributed by atoms with Gasteiger partial charge in [-0.05, 0) is 22.0 Å². The zero-order chi connectivity index (χ0) is 12.8. The van der Waals surface area contributed by atoms with Gasteiger partial charge in [-0.3, -0.25) is 0 Å². The summed E-state index contributed by atoms with van der Waals surface area (Å²) in [7, 11) is 1.69. The van der Waals surface area contributed by atoms with E-state index in [9.17, 15) is 0 Å². The summed E-state index contributed by atoms with van der Waals surface area (Å²) in [5.41, 5.74) is 0. The van der Waals surface area contributed by atoms with Crippen LogP contribution < -0.4 is 5.32 Å². The molecular formula is C11H15BrN4OS. The summed E-state index contributed by atoms with van der Waals surface area (Å²) < 4.78 is 7.92. The van der Waals surface area contributed by atoms with Crippen molar-refractivity contribution in [1.82, 2.24) is 20.1 Å². The fourth-order valence-corrected chi connectivity index (χ4v) is 2.90. The van der Waals surface area contributed by atoms with Gasteiger partial charge in [0.2, 0.25) is 0 Å². The summed E-state index contributed by atoms with van der Waals surface area (Å²) >= 11 is 5.15. The van der Waals surface area contributed by atoms with Crippen molar-refractivity contribution in [3.8, 4) is 0 Å². The van der Waals surface area contributed by atoms with E-state index in [1.54, 1.807) is 24.8 Å². The summed E-state index contributed by atoms with van der Waals surface area (Å²) in [6, 6.07) is 2.10. The van der Waals surface area contributed by atoms with Gasteiger partial charge in [0, 0.05) is 28.4 Å². The zero-order valence-electron chi connectivity index (χ0n) is 10.1. The highest BCUT2D eigenvalue weighted by Crippen LogP contribution is 2.20. The lowest BCUT2D eigenvalue weighted by Crippen LogP contribution is -2.19. The van der Waals surface area contributed by atoms with E-state index < -0.39 is 0 Å². The molecule has 18 heavy (non-hydrogen) atoms. The quantitative estimate of drug-likeness (QED) is 0.787. The van der Waals surface area contributed by atoms with Gasteiger partial charge in [-0.25, -0.2) is 9.67 Å². The normalized spacial score (nSPS) is 11.0. The highest BCUT2D eigenvalue weighted by molar-refractivity contribution is 9.10. The summed E-state index contributed by atoms with van der Waals surface area (Å²) in [6.07, 6.45) is 1.76. The van der Waals surface area contributed by atoms with Crippen molar-refractivity contribution in [3.63, 3.8) is 0 Å². The summed E-state index contributed by atoms with van der Waals surface area (Å²) in [6.45, 7) is 2.94. The predicted molar refractivity (Wildman–Crippen MR) is 74.7 cm³/mol. The molecule has 0 aliphatic carbocycles. The first-order valence-corrected chi connectivity index (χ1v) is 7.26. The summed E-state index contributed by atoms with van der Waals surface area (Å²) in [5, 5.41) is 9.69. The van der Waals surface area contributed by atoms with E-state index in [2.05, 4.69) is 42.8 Å². The van der Waals surface area contributed by atoms with E-state index in [-0.39, 0.29) is 0 Å². The van der Waals surface area contributed by atoms with Crippen LogP contribution >= 0.6 is 27.3 Å². The minimum absolute atomic E-state index is 0.671. The molecule has 98 valence electrons. The number of halogens is 1. The average Bonchev–Trinajstić information content (AvgIpc) is 2.95. The number of hydrogen-bond donors (Lipinski definition) is 1. The van der Waals surface area contributed by atoms with Gasteiger partial charge in [0.05, 0.1) is 19.7 Å². The Labute approximate surface area is 118 Å². The minimum atomic E-state index is 0.671. The predicted octanol–water partition coefficient (Wildman–Crippen LogP) is 1.89. The summed E-state index contributed by atoms with van der Waals surface area (Å²) in [5.74, 6) is 0.807. The van der Waals surface area contributed by atoms with E-state index in [1.807, 2.05) is 4.68 Å². The Kier molecular flexibility index (Phi) is 5.30. The second-order valence-corrected chi connectivity index (χ2v) is 5.67. The SMILES string of the molecule is COCCNCc1ncn(Cc2cc(Br)cs2)n1. The second kappa shape index (κ2) is 6.98. The molecule has 0 amide bonds. The van der Waals surface area contributed by atoms with E-state index in [1.165, 1.54) is 4.88 Å². The highest BCUT2D eigenvalue weighted by Gasteiger charge is 2.03. The molecule has 0 saturated heterocycles. The Balaban J connectivity index is 1.82. The Morgan fingerprint density at radius 3 is 3.17 bits per heavy atom. The van der Waals surface area contributed by atoms with Crippen LogP contribution in [0, 0.1) is 0 Å². The molecule has 0 aliphatic heterocycles. The number of nitrogens with zero attached hydrogens (tertiary/aromatic N) is 3. The van der Waals surface area contributed by atoms with Gasteiger partial charge in [0.15, 0.2) is 5.82 Å². The van der Waals surface area contributed by atoms with Gasteiger partial charge in [-0.2, -0.15) is 5.10 Å². The van der Waals surface area contributed by atoms with Gasteiger partial charge < -0.3 is 10.1 Å². The molecule has 2 heterocycles. The largest absolute Gasteiger partial charge is 0.383 e. The average molecular weight is 331 g/mol. The van der Waals surface area contributed by atoms with E-state index in [4.69, 9.17) is 4.74 Å². The van der Waals surface area contributed by atoms with Crippen molar-refractivity contribution in [2.45, 2.75) is 13.1 Å². The minimum Gasteiger partial charge on any atom is -0.383 e. The molecule has 0 spiro atoms. The Morgan fingerprint density at radius 2 is 2.44 bits per heavy atom.